The van der Waals surface area contributed by atoms with Crippen molar-refractivity contribution in [3.8, 4) is 0 Å². The van der Waals surface area contributed by atoms with Gasteiger partial charge in [0.15, 0.2) is 0 Å². The van der Waals surface area contributed by atoms with Gasteiger partial charge in [-0.15, -0.1) is 0 Å². The van der Waals surface area contributed by atoms with E-state index in [2.05, 4.69) is 55.3 Å². The van der Waals surface area contributed by atoms with Crippen molar-refractivity contribution < 1.29 is 0 Å². The minimum Gasteiger partial charge on any atom is -0.311 e. The van der Waals surface area contributed by atoms with Crippen LogP contribution in [0.4, 0.5) is 0 Å². The third kappa shape index (κ3) is 3.67. The van der Waals surface area contributed by atoms with Crippen LogP contribution in [0.3, 0.4) is 0 Å². The molecule has 0 spiro atoms. The Kier molecular flexibility index (Phi) is 4.37. The Morgan fingerprint density at radius 3 is 2.29 bits per heavy atom. The number of nitrogens with one attached hydrogen (secondary N) is 1. The summed E-state index contributed by atoms with van der Waals surface area (Å²) in [6.45, 7) is 9.48. The van der Waals surface area contributed by atoms with Crippen LogP contribution < -0.4 is 5.32 Å². The molecule has 21 heavy (non-hydrogen) atoms. The van der Waals surface area contributed by atoms with Crippen molar-refractivity contribution in [2.45, 2.75) is 70.5 Å². The van der Waals surface area contributed by atoms with Crippen LogP contribution in [-0.4, -0.2) is 35.6 Å². The lowest BCUT2D eigenvalue weighted by Crippen LogP contribution is -2.52. The number of nitrogens with zero attached hydrogens (tertiary/aromatic N) is 1. The van der Waals surface area contributed by atoms with Crippen LogP contribution in [0.15, 0.2) is 24.3 Å². The van der Waals surface area contributed by atoms with E-state index in [1.54, 1.807) is 11.1 Å². The van der Waals surface area contributed by atoms with E-state index in [1.807, 2.05) is 0 Å². The summed E-state index contributed by atoms with van der Waals surface area (Å²) in [6.07, 6.45) is 6.37. The summed E-state index contributed by atoms with van der Waals surface area (Å²) >= 11 is 0. The van der Waals surface area contributed by atoms with E-state index in [1.165, 1.54) is 45.2 Å². The average Bonchev–Trinajstić information content (AvgIpc) is 2.47. The minimum absolute atomic E-state index is 0.328. The molecule has 2 nitrogen and oxygen atoms in total. The third-order valence-electron chi connectivity index (χ3n) is 5.26. The Hall–Kier alpha value is -0.860. The average molecular weight is 286 g/mol. The Morgan fingerprint density at radius 2 is 1.62 bits per heavy atom. The predicted molar refractivity (Wildman–Crippen MR) is 89.7 cm³/mol. The van der Waals surface area contributed by atoms with Crippen LogP contribution in [0.5, 0.6) is 0 Å². The second-order valence-electron chi connectivity index (χ2n) is 7.81. The zero-order valence-electron chi connectivity index (χ0n) is 13.9. The van der Waals surface area contributed by atoms with Crippen LogP contribution in [0.25, 0.3) is 0 Å². The summed E-state index contributed by atoms with van der Waals surface area (Å²) in [6, 6.07) is 10.4. The maximum Gasteiger partial charge on any atom is 0.0125 e. The van der Waals surface area contributed by atoms with Crippen molar-refractivity contribution in [2.24, 2.45) is 0 Å². The lowest BCUT2D eigenvalue weighted by Gasteiger charge is -2.42. The van der Waals surface area contributed by atoms with E-state index in [0.717, 1.165) is 6.04 Å². The Bertz CT molecular complexity index is 467. The largest absolute Gasteiger partial charge is 0.311 e. The van der Waals surface area contributed by atoms with Crippen molar-refractivity contribution in [2.75, 3.05) is 13.1 Å². The normalized spacial score (nSPS) is 24.8. The molecule has 0 radical (unpaired) electrons. The number of fused-ring (bicyclic) bond motifs is 1. The van der Waals surface area contributed by atoms with Crippen LogP contribution in [0.2, 0.25) is 0 Å². The SMILES string of the molecule is CC(C)(C)N1CCC(NC2CCc3ccccc3C2)CC1. The fourth-order valence-electron chi connectivity index (χ4n) is 3.89. The summed E-state index contributed by atoms with van der Waals surface area (Å²) in [5.74, 6) is 0. The van der Waals surface area contributed by atoms with Crippen LogP contribution in [0, 0.1) is 0 Å². The molecule has 1 unspecified atom stereocenters. The van der Waals surface area contributed by atoms with E-state index in [9.17, 15) is 0 Å². The number of hydrogen-bond donors (Lipinski definition) is 1. The fraction of sp³-hybridized carbons (Fsp3) is 0.684. The Balaban J connectivity index is 1.51. The van der Waals surface area contributed by atoms with Crippen LogP contribution >= 0.6 is 0 Å². The summed E-state index contributed by atoms with van der Waals surface area (Å²) < 4.78 is 0. The van der Waals surface area contributed by atoms with Crippen molar-refractivity contribution in [3.63, 3.8) is 0 Å². The minimum atomic E-state index is 0.328. The number of benzene rings is 1. The highest BCUT2D eigenvalue weighted by Gasteiger charge is 2.28. The molecule has 1 fully saturated rings. The second kappa shape index (κ2) is 6.10. The smallest absolute Gasteiger partial charge is 0.0125 e. The van der Waals surface area contributed by atoms with E-state index < -0.39 is 0 Å². The van der Waals surface area contributed by atoms with E-state index >= 15 is 0 Å². The molecule has 1 aromatic carbocycles. The topological polar surface area (TPSA) is 15.3 Å². The summed E-state index contributed by atoms with van der Waals surface area (Å²) in [4.78, 5) is 2.63. The van der Waals surface area contributed by atoms with Gasteiger partial charge in [-0.2, -0.15) is 0 Å². The van der Waals surface area contributed by atoms with Gasteiger partial charge in [-0.25, -0.2) is 0 Å². The Morgan fingerprint density at radius 1 is 0.952 bits per heavy atom. The van der Waals surface area contributed by atoms with Gasteiger partial charge in [0.25, 0.3) is 0 Å². The summed E-state index contributed by atoms with van der Waals surface area (Å²) in [5.41, 5.74) is 3.46. The first-order valence-electron chi connectivity index (χ1n) is 8.60. The molecule has 1 atom stereocenters. The van der Waals surface area contributed by atoms with Gasteiger partial charge < -0.3 is 5.32 Å². The number of piperidine rings is 1. The van der Waals surface area contributed by atoms with Gasteiger partial charge in [0.2, 0.25) is 0 Å². The van der Waals surface area contributed by atoms with Gasteiger partial charge >= 0.3 is 0 Å². The van der Waals surface area contributed by atoms with Gasteiger partial charge in [-0.05, 0) is 64.0 Å². The van der Waals surface area contributed by atoms with Crippen molar-refractivity contribution >= 4 is 0 Å². The third-order valence-corrected chi connectivity index (χ3v) is 5.26. The van der Waals surface area contributed by atoms with Crippen LogP contribution in [0.1, 0.15) is 51.2 Å². The number of rotatable bonds is 2. The first-order valence-corrected chi connectivity index (χ1v) is 8.60. The molecule has 1 N–H and O–H groups in total. The zero-order chi connectivity index (χ0) is 14.9. The Labute approximate surface area is 129 Å². The molecule has 0 amide bonds. The molecule has 2 aliphatic rings. The molecule has 1 aliphatic carbocycles. The molecule has 2 heteroatoms. The molecule has 1 heterocycles. The maximum atomic E-state index is 3.94. The highest BCUT2D eigenvalue weighted by Crippen LogP contribution is 2.24. The van der Waals surface area contributed by atoms with Gasteiger partial charge in [0.1, 0.15) is 0 Å². The van der Waals surface area contributed by atoms with E-state index in [-0.39, 0.29) is 0 Å². The van der Waals surface area contributed by atoms with Gasteiger partial charge in [0.05, 0.1) is 0 Å². The zero-order valence-corrected chi connectivity index (χ0v) is 13.9. The highest BCUT2D eigenvalue weighted by atomic mass is 15.2. The number of aryl methyl sites for hydroxylation is 1. The van der Waals surface area contributed by atoms with Crippen molar-refractivity contribution in [1.82, 2.24) is 10.2 Å². The van der Waals surface area contributed by atoms with Crippen molar-refractivity contribution in [3.05, 3.63) is 35.4 Å². The first-order chi connectivity index (χ1) is 10.0. The summed E-state index contributed by atoms with van der Waals surface area (Å²) in [7, 11) is 0. The monoisotopic (exact) mass is 286 g/mol. The van der Waals surface area contributed by atoms with E-state index in [0.29, 0.717) is 11.6 Å². The molecular formula is C19H30N2. The molecule has 1 aliphatic heterocycles. The van der Waals surface area contributed by atoms with E-state index in [4.69, 9.17) is 0 Å². The van der Waals surface area contributed by atoms with Crippen LogP contribution in [-0.2, 0) is 12.8 Å². The standard InChI is InChI=1S/C19H30N2/c1-19(2,3)21-12-10-17(11-13-21)20-18-9-8-15-6-4-5-7-16(15)14-18/h4-7,17-18,20H,8-14H2,1-3H3. The van der Waals surface area contributed by atoms with Gasteiger partial charge in [0, 0.05) is 30.7 Å². The predicted octanol–water partition coefficient (Wildman–Crippen LogP) is 3.40. The molecule has 1 saturated heterocycles. The first kappa shape index (κ1) is 15.1. The van der Waals surface area contributed by atoms with Gasteiger partial charge in [-0.3, -0.25) is 4.90 Å². The summed E-state index contributed by atoms with van der Waals surface area (Å²) in [5, 5.41) is 3.94. The molecule has 0 saturated carbocycles. The quantitative estimate of drug-likeness (QED) is 0.896. The van der Waals surface area contributed by atoms with Gasteiger partial charge in [-0.1, -0.05) is 24.3 Å². The number of likely N-dealkylation sites (tertiary alicyclic amines) is 1. The molecule has 3 rings (SSSR count). The molecule has 1 aromatic rings. The number of hydrogen-bond acceptors (Lipinski definition) is 2. The molecule has 116 valence electrons. The second-order valence-corrected chi connectivity index (χ2v) is 7.81. The molecule has 0 aromatic heterocycles. The lowest BCUT2D eigenvalue weighted by atomic mass is 9.87. The maximum absolute atomic E-state index is 3.94. The molecule has 0 bridgehead atoms. The fourth-order valence-corrected chi connectivity index (χ4v) is 3.89. The highest BCUT2D eigenvalue weighted by molar-refractivity contribution is 5.30. The molecular weight excluding hydrogens is 256 g/mol. The van der Waals surface area contributed by atoms with Crippen molar-refractivity contribution in [1.29, 1.82) is 0 Å². The lowest BCUT2D eigenvalue weighted by molar-refractivity contribution is 0.0932.